The number of hydrogen-bond donors (Lipinski definition) is 3. The second kappa shape index (κ2) is 4.52. The minimum Gasteiger partial charge on any atom is -0.376 e. The van der Waals surface area contributed by atoms with E-state index in [9.17, 15) is 8.42 Å². The highest BCUT2D eigenvalue weighted by Crippen LogP contribution is 2.28. The second-order valence-electron chi connectivity index (χ2n) is 3.62. The van der Waals surface area contributed by atoms with Gasteiger partial charge in [0.25, 0.3) is 10.1 Å². The van der Waals surface area contributed by atoms with Crippen molar-refractivity contribution in [2.24, 2.45) is 5.73 Å². The molecule has 94 valence electrons. The Morgan fingerprint density at radius 1 is 1.17 bits per heavy atom. The zero-order valence-electron chi connectivity index (χ0n) is 9.12. The monoisotopic (exact) mass is 282 g/mol. The number of rotatable bonds is 2. The smallest absolute Gasteiger partial charge is 0.295 e. The lowest BCUT2D eigenvalue weighted by Gasteiger charge is -2.09. The standard InChI is InChI=1S/C11H10N2O3S2/c12-11(17)13-9-5-1-4-8-7(9)3-2-6-10(8)18(14,15)16/h1-6H,(H3,12,13,17)(H,14,15,16). The van der Waals surface area contributed by atoms with Gasteiger partial charge in [-0.15, -0.1) is 0 Å². The zero-order chi connectivity index (χ0) is 13.3. The van der Waals surface area contributed by atoms with Crippen LogP contribution in [-0.4, -0.2) is 18.1 Å². The van der Waals surface area contributed by atoms with E-state index in [1.165, 1.54) is 12.1 Å². The first-order valence-corrected chi connectivity index (χ1v) is 6.80. The van der Waals surface area contributed by atoms with Gasteiger partial charge in [-0.2, -0.15) is 8.42 Å². The SMILES string of the molecule is NC(=S)Nc1cccc2c(S(=O)(=O)O)cccc12. The third-order valence-corrected chi connectivity index (χ3v) is 3.43. The Balaban J connectivity index is 2.77. The molecule has 0 amide bonds. The lowest BCUT2D eigenvalue weighted by Crippen LogP contribution is -2.19. The van der Waals surface area contributed by atoms with Crippen LogP contribution < -0.4 is 11.1 Å². The van der Waals surface area contributed by atoms with Crippen molar-refractivity contribution in [3.63, 3.8) is 0 Å². The lowest BCUT2D eigenvalue weighted by atomic mass is 10.1. The van der Waals surface area contributed by atoms with Crippen LogP contribution in [0.25, 0.3) is 10.8 Å². The third-order valence-electron chi connectivity index (χ3n) is 2.42. The maximum absolute atomic E-state index is 11.3. The summed E-state index contributed by atoms with van der Waals surface area (Å²) in [5, 5.41) is 3.86. The topological polar surface area (TPSA) is 92.4 Å². The molecule has 0 spiro atoms. The summed E-state index contributed by atoms with van der Waals surface area (Å²) in [6.45, 7) is 0. The van der Waals surface area contributed by atoms with Crippen LogP contribution in [0.15, 0.2) is 41.3 Å². The van der Waals surface area contributed by atoms with Crippen LogP contribution >= 0.6 is 12.2 Å². The molecule has 2 aromatic rings. The van der Waals surface area contributed by atoms with Crippen molar-refractivity contribution >= 4 is 43.9 Å². The largest absolute Gasteiger partial charge is 0.376 e. The number of thiocarbonyl (C=S) groups is 1. The highest BCUT2D eigenvalue weighted by atomic mass is 32.2. The molecule has 2 rings (SSSR count). The molecular weight excluding hydrogens is 272 g/mol. The maximum Gasteiger partial charge on any atom is 0.295 e. The average molecular weight is 282 g/mol. The fourth-order valence-electron chi connectivity index (χ4n) is 1.75. The Bertz CT molecular complexity index is 726. The van der Waals surface area contributed by atoms with Gasteiger partial charge in [0, 0.05) is 16.5 Å². The van der Waals surface area contributed by atoms with E-state index < -0.39 is 10.1 Å². The molecule has 7 heteroatoms. The summed E-state index contributed by atoms with van der Waals surface area (Å²) in [5.41, 5.74) is 5.98. The van der Waals surface area contributed by atoms with E-state index in [1.807, 2.05) is 0 Å². The van der Waals surface area contributed by atoms with Crippen molar-refractivity contribution in [1.29, 1.82) is 0 Å². The number of hydrogen-bond acceptors (Lipinski definition) is 3. The minimum atomic E-state index is -4.27. The molecule has 0 radical (unpaired) electrons. The first-order valence-electron chi connectivity index (χ1n) is 4.95. The molecule has 4 N–H and O–H groups in total. The van der Waals surface area contributed by atoms with Crippen LogP contribution in [0.4, 0.5) is 5.69 Å². The Kier molecular flexibility index (Phi) is 3.20. The van der Waals surface area contributed by atoms with Crippen molar-refractivity contribution in [3.8, 4) is 0 Å². The number of fused-ring (bicyclic) bond motifs is 1. The van der Waals surface area contributed by atoms with Gasteiger partial charge in [-0.3, -0.25) is 4.55 Å². The fourth-order valence-corrected chi connectivity index (χ4v) is 2.56. The molecular formula is C11H10N2O3S2. The fraction of sp³-hybridized carbons (Fsp3) is 0. The van der Waals surface area contributed by atoms with Gasteiger partial charge in [0.1, 0.15) is 4.90 Å². The van der Waals surface area contributed by atoms with Crippen molar-refractivity contribution in [1.82, 2.24) is 0 Å². The molecule has 0 saturated carbocycles. The summed E-state index contributed by atoms with van der Waals surface area (Å²) in [7, 11) is -4.27. The van der Waals surface area contributed by atoms with Gasteiger partial charge in [0.15, 0.2) is 5.11 Å². The molecule has 0 bridgehead atoms. The lowest BCUT2D eigenvalue weighted by molar-refractivity contribution is 0.484. The molecule has 0 fully saturated rings. The number of anilines is 1. The van der Waals surface area contributed by atoms with Crippen molar-refractivity contribution < 1.29 is 13.0 Å². The van der Waals surface area contributed by atoms with Gasteiger partial charge in [-0.1, -0.05) is 24.3 Å². The highest BCUT2D eigenvalue weighted by Gasteiger charge is 2.14. The summed E-state index contributed by atoms with van der Waals surface area (Å²) >= 11 is 4.75. The molecule has 0 aliphatic heterocycles. The molecule has 18 heavy (non-hydrogen) atoms. The van der Waals surface area contributed by atoms with E-state index in [-0.39, 0.29) is 10.0 Å². The van der Waals surface area contributed by atoms with Crippen LogP contribution in [-0.2, 0) is 10.1 Å². The molecule has 0 aliphatic carbocycles. The molecule has 0 aliphatic rings. The Morgan fingerprint density at radius 3 is 2.39 bits per heavy atom. The summed E-state index contributed by atoms with van der Waals surface area (Å²) < 4.78 is 31.7. The first kappa shape index (κ1) is 12.7. The summed E-state index contributed by atoms with van der Waals surface area (Å²) in [6, 6.07) is 9.55. The van der Waals surface area contributed by atoms with Gasteiger partial charge in [0.05, 0.1) is 0 Å². The summed E-state index contributed by atoms with van der Waals surface area (Å²) in [4.78, 5) is -0.147. The van der Waals surface area contributed by atoms with Crippen molar-refractivity contribution in [3.05, 3.63) is 36.4 Å². The quantitative estimate of drug-likeness (QED) is 0.574. The number of nitrogens with two attached hydrogens (primary N) is 1. The maximum atomic E-state index is 11.3. The molecule has 0 saturated heterocycles. The Hall–Kier alpha value is -1.70. The molecule has 0 atom stereocenters. The van der Waals surface area contributed by atoms with E-state index in [4.69, 9.17) is 22.5 Å². The van der Waals surface area contributed by atoms with Crippen LogP contribution in [0.2, 0.25) is 0 Å². The highest BCUT2D eigenvalue weighted by molar-refractivity contribution is 7.86. The van der Waals surface area contributed by atoms with Gasteiger partial charge in [-0.25, -0.2) is 0 Å². The predicted molar refractivity (Wildman–Crippen MR) is 74.2 cm³/mol. The predicted octanol–water partition coefficient (Wildman–Crippen LogP) is 1.74. The van der Waals surface area contributed by atoms with E-state index in [0.29, 0.717) is 16.5 Å². The van der Waals surface area contributed by atoms with Gasteiger partial charge >= 0.3 is 0 Å². The van der Waals surface area contributed by atoms with Gasteiger partial charge < -0.3 is 11.1 Å². The summed E-state index contributed by atoms with van der Waals surface area (Å²) in [5.74, 6) is 0. The van der Waals surface area contributed by atoms with E-state index >= 15 is 0 Å². The van der Waals surface area contributed by atoms with Gasteiger partial charge in [0.2, 0.25) is 0 Å². The van der Waals surface area contributed by atoms with E-state index in [0.717, 1.165) is 0 Å². The first-order chi connectivity index (χ1) is 8.39. The molecule has 2 aromatic carbocycles. The molecule has 5 nitrogen and oxygen atoms in total. The van der Waals surface area contributed by atoms with Crippen LogP contribution in [0, 0.1) is 0 Å². The minimum absolute atomic E-state index is 0.0831. The van der Waals surface area contributed by atoms with Crippen LogP contribution in [0.1, 0.15) is 0 Å². The van der Waals surface area contributed by atoms with Crippen LogP contribution in [0.3, 0.4) is 0 Å². The Morgan fingerprint density at radius 2 is 1.78 bits per heavy atom. The van der Waals surface area contributed by atoms with E-state index in [1.54, 1.807) is 24.3 Å². The van der Waals surface area contributed by atoms with Crippen molar-refractivity contribution in [2.75, 3.05) is 5.32 Å². The average Bonchev–Trinajstić information content (AvgIpc) is 2.26. The second-order valence-corrected chi connectivity index (χ2v) is 5.45. The normalized spacial score (nSPS) is 11.4. The van der Waals surface area contributed by atoms with E-state index in [2.05, 4.69) is 5.32 Å². The van der Waals surface area contributed by atoms with Gasteiger partial charge in [-0.05, 0) is 24.4 Å². The number of nitrogens with one attached hydrogen (secondary N) is 1. The third kappa shape index (κ3) is 2.42. The molecule has 0 heterocycles. The number of benzene rings is 2. The van der Waals surface area contributed by atoms with Crippen LogP contribution in [0.5, 0.6) is 0 Å². The van der Waals surface area contributed by atoms with Crippen molar-refractivity contribution in [2.45, 2.75) is 4.90 Å². The zero-order valence-corrected chi connectivity index (χ0v) is 10.8. The molecule has 0 aromatic heterocycles. The summed E-state index contributed by atoms with van der Waals surface area (Å²) in [6.07, 6.45) is 0. The molecule has 0 unspecified atom stereocenters. The Labute approximate surface area is 109 Å².